The van der Waals surface area contributed by atoms with Crippen LogP contribution in [0.15, 0.2) is 5.11 Å². The second kappa shape index (κ2) is 29.0. The number of anilines is 3. The third-order valence-corrected chi connectivity index (χ3v) is 9.17. The van der Waals surface area contributed by atoms with Gasteiger partial charge in [-0.2, -0.15) is 26.7 Å². The van der Waals surface area contributed by atoms with Crippen LogP contribution >= 0.6 is 11.8 Å². The minimum Gasteiger partial charge on any atom is -0.379 e. The number of thioether (sulfide) groups is 1. The van der Waals surface area contributed by atoms with Crippen LogP contribution in [0.1, 0.15) is 25.7 Å². The van der Waals surface area contributed by atoms with Crippen LogP contribution in [-0.2, 0) is 33.2 Å². The number of nitrogens with two attached hydrogens (primary N) is 1. The Morgan fingerprint density at radius 2 is 1.30 bits per heavy atom. The zero-order chi connectivity index (χ0) is 37.6. The van der Waals surface area contributed by atoms with E-state index in [1.807, 2.05) is 11.8 Å². The molecule has 2 aliphatic rings. The molecule has 1 aromatic heterocycles. The van der Waals surface area contributed by atoms with E-state index >= 15 is 0 Å². The molecule has 0 spiro atoms. The second-order valence-corrected chi connectivity index (χ2v) is 13.0. The van der Waals surface area contributed by atoms with Crippen molar-refractivity contribution in [3.63, 3.8) is 0 Å². The summed E-state index contributed by atoms with van der Waals surface area (Å²) in [6, 6.07) is 0.379. The van der Waals surface area contributed by atoms with Gasteiger partial charge in [0.1, 0.15) is 0 Å². The maximum absolute atomic E-state index is 12.1. The number of fused-ring (bicyclic) bond motifs is 1. The summed E-state index contributed by atoms with van der Waals surface area (Å²) >= 11 is 1.89. The fourth-order valence-electron chi connectivity index (χ4n) is 5.13. The maximum atomic E-state index is 12.1. The van der Waals surface area contributed by atoms with Crippen molar-refractivity contribution in [3.05, 3.63) is 10.4 Å². The smallest absolute Gasteiger partial charge is 0.315 e. The Morgan fingerprint density at radius 1 is 0.774 bits per heavy atom. The van der Waals surface area contributed by atoms with Crippen LogP contribution in [0.3, 0.4) is 0 Å². The summed E-state index contributed by atoms with van der Waals surface area (Å²) in [6.07, 6.45) is 3.28. The largest absolute Gasteiger partial charge is 0.379 e. The first-order valence-corrected chi connectivity index (χ1v) is 19.2. The van der Waals surface area contributed by atoms with Gasteiger partial charge in [-0.1, -0.05) is 11.5 Å². The van der Waals surface area contributed by atoms with Crippen molar-refractivity contribution in [2.45, 2.75) is 43.0 Å². The molecule has 0 aliphatic carbocycles. The van der Waals surface area contributed by atoms with Crippen molar-refractivity contribution in [1.29, 1.82) is 0 Å². The van der Waals surface area contributed by atoms with Crippen LogP contribution in [0.25, 0.3) is 10.4 Å². The van der Waals surface area contributed by atoms with Gasteiger partial charge < -0.3 is 66.1 Å². The third-order valence-electron chi connectivity index (χ3n) is 7.66. The van der Waals surface area contributed by atoms with E-state index in [1.54, 1.807) is 0 Å². The van der Waals surface area contributed by atoms with E-state index in [0.29, 0.717) is 148 Å². The number of nitrogens with zero attached hydrogens (tertiary/aromatic N) is 6. The lowest BCUT2D eigenvalue weighted by Gasteiger charge is -2.16. The molecule has 3 heterocycles. The molecule has 2 saturated heterocycles. The zero-order valence-electron chi connectivity index (χ0n) is 30.4. The van der Waals surface area contributed by atoms with Crippen LogP contribution in [0.4, 0.5) is 22.6 Å². The van der Waals surface area contributed by atoms with Crippen molar-refractivity contribution in [3.8, 4) is 0 Å². The van der Waals surface area contributed by atoms with Crippen LogP contribution in [0.2, 0.25) is 0 Å². The van der Waals surface area contributed by atoms with Crippen molar-refractivity contribution in [1.82, 2.24) is 30.9 Å². The maximum Gasteiger partial charge on any atom is 0.315 e. The number of rotatable bonds is 34. The molecular formula is C31H57N13O8S. The van der Waals surface area contributed by atoms with Crippen LogP contribution in [0, 0.1) is 0 Å². The SMILES string of the molecule is [N-]=[N+]=NCCOCCOCCOCCNc1nc(NCCN)nc(NCCOCCOCCOCCNC(=O)CCCC[C@@H]2SC[C@@H]3NC(=O)N[C@@H]32)n1. The standard InChI is InChI=1S/C31H57N13O8S/c32-5-6-35-28-41-29(43-30(42-28)37-9-13-49-17-21-52-22-18-50-14-10-38-44-33)36-8-12-48-16-20-51-19-15-47-11-7-34-26(45)4-2-1-3-25-27-24(23-53-25)39-31(46)40-27/h24-25,27H,1-23,32H2,(H,34,45)(H2,39,40,46)(H3,35,36,37,41,42,43)/t24-,25-,27-/m0/s1. The topological polar surface area (TPSA) is 275 Å². The van der Waals surface area contributed by atoms with Gasteiger partial charge in [0.15, 0.2) is 0 Å². The first-order valence-electron chi connectivity index (χ1n) is 18.2. The van der Waals surface area contributed by atoms with E-state index < -0.39 is 0 Å². The number of carbonyl (C=O) groups excluding carboxylic acids is 2. The van der Waals surface area contributed by atoms with E-state index in [9.17, 15) is 9.59 Å². The number of nitrogens with one attached hydrogen (secondary N) is 6. The molecule has 2 aliphatic heterocycles. The normalized spacial score (nSPS) is 17.5. The average Bonchev–Trinajstić information content (AvgIpc) is 3.72. The molecule has 0 bridgehead atoms. The van der Waals surface area contributed by atoms with Gasteiger partial charge in [0.25, 0.3) is 0 Å². The number of carbonyl (C=O) groups is 2. The van der Waals surface area contributed by atoms with E-state index in [4.69, 9.17) is 39.7 Å². The first kappa shape index (κ1) is 43.9. The Morgan fingerprint density at radius 3 is 1.87 bits per heavy atom. The van der Waals surface area contributed by atoms with Gasteiger partial charge in [-0.25, -0.2) is 4.79 Å². The fourth-order valence-corrected chi connectivity index (χ4v) is 6.67. The lowest BCUT2D eigenvalue weighted by atomic mass is 10.0. The highest BCUT2D eigenvalue weighted by Crippen LogP contribution is 2.33. The van der Waals surface area contributed by atoms with Gasteiger partial charge in [-0.15, -0.1) is 0 Å². The lowest BCUT2D eigenvalue weighted by Crippen LogP contribution is -2.36. The third kappa shape index (κ3) is 20.5. The molecule has 53 heavy (non-hydrogen) atoms. The summed E-state index contributed by atoms with van der Waals surface area (Å²) in [5, 5.41) is 22.0. The summed E-state index contributed by atoms with van der Waals surface area (Å²) in [5.41, 5.74) is 13.8. The highest BCUT2D eigenvalue weighted by atomic mass is 32.2. The summed E-state index contributed by atoms with van der Waals surface area (Å²) in [4.78, 5) is 39.4. The van der Waals surface area contributed by atoms with E-state index in [2.05, 4.69) is 56.9 Å². The van der Waals surface area contributed by atoms with Crippen molar-refractivity contribution >= 4 is 41.5 Å². The van der Waals surface area contributed by atoms with Gasteiger partial charge in [0, 0.05) is 61.6 Å². The summed E-state index contributed by atoms with van der Waals surface area (Å²) in [5.74, 6) is 2.16. The minimum atomic E-state index is -0.0679. The number of ether oxygens (including phenoxy) is 6. The highest BCUT2D eigenvalue weighted by Gasteiger charge is 2.42. The molecule has 0 aromatic carbocycles. The van der Waals surface area contributed by atoms with Gasteiger partial charge in [-0.05, 0) is 18.4 Å². The molecule has 21 nitrogen and oxygen atoms in total. The summed E-state index contributed by atoms with van der Waals surface area (Å²) in [6.45, 7) is 7.76. The molecule has 8 N–H and O–H groups in total. The summed E-state index contributed by atoms with van der Waals surface area (Å²) in [7, 11) is 0. The van der Waals surface area contributed by atoms with E-state index in [0.717, 1.165) is 25.0 Å². The molecule has 300 valence electrons. The molecular weight excluding hydrogens is 714 g/mol. The monoisotopic (exact) mass is 771 g/mol. The molecule has 22 heteroatoms. The van der Waals surface area contributed by atoms with Crippen LogP contribution in [-0.4, -0.2) is 169 Å². The van der Waals surface area contributed by atoms with Gasteiger partial charge >= 0.3 is 6.03 Å². The predicted octanol–water partition coefficient (Wildman–Crippen LogP) is 0.318. The lowest BCUT2D eigenvalue weighted by molar-refractivity contribution is -0.121. The van der Waals surface area contributed by atoms with Gasteiger partial charge in [-0.3, -0.25) is 4.79 Å². The number of unbranched alkanes of at least 4 members (excludes halogenated alkanes) is 1. The van der Waals surface area contributed by atoms with Crippen molar-refractivity contribution < 1.29 is 38.0 Å². The molecule has 3 amide bonds. The zero-order valence-corrected chi connectivity index (χ0v) is 31.2. The first-order chi connectivity index (χ1) is 26.1. The number of azide groups is 1. The minimum absolute atomic E-state index is 0.0290. The number of aromatic nitrogens is 3. The Kier molecular flexibility index (Phi) is 24.0. The number of hydrogen-bond donors (Lipinski definition) is 7. The van der Waals surface area contributed by atoms with Crippen molar-refractivity contribution in [2.75, 3.05) is 140 Å². The molecule has 3 rings (SSSR count). The molecule has 0 saturated carbocycles. The Bertz CT molecular complexity index is 1210. The fraction of sp³-hybridized carbons (Fsp3) is 0.839. The van der Waals surface area contributed by atoms with Gasteiger partial charge in [0.05, 0.1) is 91.4 Å². The average molecular weight is 772 g/mol. The molecule has 0 radical (unpaired) electrons. The highest BCUT2D eigenvalue weighted by molar-refractivity contribution is 8.00. The van der Waals surface area contributed by atoms with Crippen molar-refractivity contribution in [2.24, 2.45) is 10.8 Å². The molecule has 2 fully saturated rings. The quantitative estimate of drug-likeness (QED) is 0.0163. The second-order valence-electron chi connectivity index (χ2n) is 11.7. The molecule has 1 aromatic rings. The number of amides is 3. The molecule has 0 unspecified atom stereocenters. The Balaban J connectivity index is 1.11. The van der Waals surface area contributed by atoms with Crippen LogP contribution in [0.5, 0.6) is 0 Å². The van der Waals surface area contributed by atoms with Gasteiger partial charge in [0.2, 0.25) is 23.8 Å². The molecule has 3 atom stereocenters. The van der Waals surface area contributed by atoms with Crippen LogP contribution < -0.4 is 37.6 Å². The number of urea groups is 1. The summed E-state index contributed by atoms with van der Waals surface area (Å²) < 4.78 is 33.0. The van der Waals surface area contributed by atoms with E-state index in [-0.39, 0.29) is 24.0 Å². The predicted molar refractivity (Wildman–Crippen MR) is 200 cm³/mol. The Hall–Kier alpha value is -3.47. The van der Waals surface area contributed by atoms with E-state index in [1.165, 1.54) is 0 Å². The Labute approximate surface area is 314 Å². The number of hydrogen-bond acceptors (Lipinski definition) is 17.